The van der Waals surface area contributed by atoms with Crippen LogP contribution in [-0.4, -0.2) is 23.9 Å². The highest BCUT2D eigenvalue weighted by atomic mass is 16.6. The van der Waals surface area contributed by atoms with Crippen molar-refractivity contribution in [3.8, 4) is 0 Å². The molecule has 6 nitrogen and oxygen atoms in total. The van der Waals surface area contributed by atoms with E-state index >= 15 is 0 Å². The minimum Gasteiger partial charge on any atom is -0.351 e. The number of non-ortho nitro benzene ring substituents is 1. The lowest BCUT2D eigenvalue weighted by Crippen LogP contribution is -2.39. The Bertz CT molecular complexity index is 420. The number of nitrogens with one attached hydrogen (secondary N) is 2. The van der Waals surface area contributed by atoms with Crippen molar-refractivity contribution in [3.05, 3.63) is 39.9 Å². The molecule has 0 saturated heterocycles. The predicted octanol–water partition coefficient (Wildman–Crippen LogP) is 0.819. The van der Waals surface area contributed by atoms with Crippen molar-refractivity contribution >= 4 is 11.6 Å². The van der Waals surface area contributed by atoms with Gasteiger partial charge in [0.1, 0.15) is 0 Å². The normalized spacial score (nSPS) is 11.9. The molecule has 1 atom stereocenters. The van der Waals surface area contributed by atoms with Crippen molar-refractivity contribution in [2.45, 2.75) is 19.5 Å². The maximum atomic E-state index is 11.5. The van der Waals surface area contributed by atoms with E-state index in [1.807, 2.05) is 0 Å². The van der Waals surface area contributed by atoms with E-state index in [4.69, 9.17) is 0 Å². The Labute approximate surface area is 99.2 Å². The molecule has 0 fully saturated rings. The Morgan fingerprint density at radius 3 is 2.82 bits per heavy atom. The van der Waals surface area contributed by atoms with Gasteiger partial charge in [0.05, 0.1) is 11.0 Å². The van der Waals surface area contributed by atoms with Crippen LogP contribution in [0, 0.1) is 10.1 Å². The lowest BCUT2D eigenvalue weighted by Gasteiger charge is -2.10. The van der Waals surface area contributed by atoms with Crippen molar-refractivity contribution < 1.29 is 9.72 Å². The largest absolute Gasteiger partial charge is 0.351 e. The van der Waals surface area contributed by atoms with Gasteiger partial charge in [-0.1, -0.05) is 12.1 Å². The highest BCUT2D eigenvalue weighted by Crippen LogP contribution is 2.12. The molecule has 2 N–H and O–H groups in total. The van der Waals surface area contributed by atoms with Gasteiger partial charge in [-0.15, -0.1) is 0 Å². The van der Waals surface area contributed by atoms with Gasteiger partial charge in [-0.05, 0) is 19.5 Å². The third-order valence-electron chi connectivity index (χ3n) is 2.41. The van der Waals surface area contributed by atoms with Crippen LogP contribution in [0.1, 0.15) is 12.5 Å². The number of rotatable bonds is 5. The second kappa shape index (κ2) is 5.95. The van der Waals surface area contributed by atoms with Gasteiger partial charge in [0.25, 0.3) is 5.69 Å². The zero-order valence-electron chi connectivity index (χ0n) is 9.77. The van der Waals surface area contributed by atoms with Crippen LogP contribution in [0.25, 0.3) is 0 Å². The molecule has 1 amide bonds. The van der Waals surface area contributed by atoms with Crippen LogP contribution >= 0.6 is 0 Å². The molecule has 0 aliphatic rings. The van der Waals surface area contributed by atoms with E-state index in [1.165, 1.54) is 12.1 Å². The summed E-state index contributed by atoms with van der Waals surface area (Å²) in [5.74, 6) is -0.140. The number of carbonyl (C=O) groups is 1. The van der Waals surface area contributed by atoms with E-state index in [0.717, 1.165) is 0 Å². The molecule has 0 bridgehead atoms. The lowest BCUT2D eigenvalue weighted by molar-refractivity contribution is -0.384. The van der Waals surface area contributed by atoms with Crippen molar-refractivity contribution in [1.82, 2.24) is 10.6 Å². The maximum Gasteiger partial charge on any atom is 0.269 e. The van der Waals surface area contributed by atoms with E-state index in [1.54, 1.807) is 26.1 Å². The summed E-state index contributed by atoms with van der Waals surface area (Å²) in [6.45, 7) is 2.02. The number of hydrogen-bond acceptors (Lipinski definition) is 4. The third kappa shape index (κ3) is 3.84. The molecule has 1 aromatic carbocycles. The molecule has 0 aromatic heterocycles. The zero-order valence-corrected chi connectivity index (χ0v) is 9.77. The Kier molecular flexibility index (Phi) is 4.59. The minimum absolute atomic E-state index is 0.0263. The fourth-order valence-corrected chi connectivity index (χ4v) is 1.25. The van der Waals surface area contributed by atoms with Gasteiger partial charge in [0.2, 0.25) is 5.91 Å². The summed E-state index contributed by atoms with van der Waals surface area (Å²) in [4.78, 5) is 21.6. The van der Waals surface area contributed by atoms with E-state index < -0.39 is 4.92 Å². The fourth-order valence-electron chi connectivity index (χ4n) is 1.25. The van der Waals surface area contributed by atoms with E-state index in [2.05, 4.69) is 10.6 Å². The number of amides is 1. The molecule has 0 saturated carbocycles. The van der Waals surface area contributed by atoms with Crippen LogP contribution in [0.3, 0.4) is 0 Å². The molecular weight excluding hydrogens is 222 g/mol. The number of nitro groups is 1. The standard InChI is InChI=1S/C11H15N3O3/c1-8(12-2)11(15)13-7-9-4-3-5-10(6-9)14(16)17/h3-6,8,12H,7H2,1-2H3,(H,13,15). The van der Waals surface area contributed by atoms with E-state index in [-0.39, 0.29) is 24.2 Å². The molecule has 1 aromatic rings. The fraction of sp³-hybridized carbons (Fsp3) is 0.364. The number of hydrogen-bond donors (Lipinski definition) is 2. The number of likely N-dealkylation sites (N-methyl/N-ethyl adjacent to an activating group) is 1. The van der Waals surface area contributed by atoms with Crippen molar-refractivity contribution in [1.29, 1.82) is 0 Å². The Morgan fingerprint density at radius 2 is 2.24 bits per heavy atom. The van der Waals surface area contributed by atoms with Crippen molar-refractivity contribution in [3.63, 3.8) is 0 Å². The summed E-state index contributed by atoms with van der Waals surface area (Å²) in [5, 5.41) is 16.1. The number of carbonyl (C=O) groups excluding carboxylic acids is 1. The van der Waals surface area contributed by atoms with Gasteiger partial charge >= 0.3 is 0 Å². The van der Waals surface area contributed by atoms with Crippen LogP contribution in [0.5, 0.6) is 0 Å². The third-order valence-corrected chi connectivity index (χ3v) is 2.41. The van der Waals surface area contributed by atoms with Crippen molar-refractivity contribution in [2.24, 2.45) is 0 Å². The number of nitrogens with zero attached hydrogens (tertiary/aromatic N) is 1. The van der Waals surface area contributed by atoms with Crippen LogP contribution < -0.4 is 10.6 Å². The number of benzene rings is 1. The van der Waals surface area contributed by atoms with Gasteiger partial charge in [-0.3, -0.25) is 14.9 Å². The summed E-state index contributed by atoms with van der Waals surface area (Å²) in [6.07, 6.45) is 0. The average molecular weight is 237 g/mol. The topological polar surface area (TPSA) is 84.3 Å². The molecule has 0 heterocycles. The summed E-state index contributed by atoms with van der Waals surface area (Å²) in [5.41, 5.74) is 0.731. The predicted molar refractivity (Wildman–Crippen MR) is 63.5 cm³/mol. The Balaban J connectivity index is 2.60. The van der Waals surface area contributed by atoms with Crippen molar-refractivity contribution in [2.75, 3.05) is 7.05 Å². The minimum atomic E-state index is -0.457. The summed E-state index contributed by atoms with van der Waals surface area (Å²) in [7, 11) is 1.69. The van der Waals surface area contributed by atoms with Gasteiger partial charge < -0.3 is 10.6 Å². The first-order chi connectivity index (χ1) is 8.04. The molecule has 0 radical (unpaired) electrons. The summed E-state index contributed by atoms with van der Waals surface area (Å²) in [6, 6.07) is 5.92. The second-order valence-electron chi connectivity index (χ2n) is 3.66. The maximum absolute atomic E-state index is 11.5. The number of nitro benzene ring substituents is 1. The highest BCUT2D eigenvalue weighted by Gasteiger charge is 2.10. The highest BCUT2D eigenvalue weighted by molar-refractivity contribution is 5.81. The molecule has 0 aliphatic heterocycles. The molecular formula is C11H15N3O3. The first kappa shape index (κ1) is 13.1. The first-order valence-corrected chi connectivity index (χ1v) is 5.23. The van der Waals surface area contributed by atoms with E-state index in [0.29, 0.717) is 5.56 Å². The van der Waals surface area contributed by atoms with Gasteiger partial charge in [-0.25, -0.2) is 0 Å². The van der Waals surface area contributed by atoms with Crippen LogP contribution in [-0.2, 0) is 11.3 Å². The average Bonchev–Trinajstić information content (AvgIpc) is 2.35. The van der Waals surface area contributed by atoms with E-state index in [9.17, 15) is 14.9 Å². The quantitative estimate of drug-likeness (QED) is 0.586. The molecule has 92 valence electrons. The molecule has 0 spiro atoms. The molecule has 1 unspecified atom stereocenters. The Morgan fingerprint density at radius 1 is 1.53 bits per heavy atom. The zero-order chi connectivity index (χ0) is 12.8. The summed E-state index contributed by atoms with van der Waals surface area (Å²) >= 11 is 0. The van der Waals surface area contributed by atoms with Crippen LogP contribution in [0.15, 0.2) is 24.3 Å². The first-order valence-electron chi connectivity index (χ1n) is 5.23. The van der Waals surface area contributed by atoms with Crippen LogP contribution in [0.4, 0.5) is 5.69 Å². The molecule has 6 heteroatoms. The monoisotopic (exact) mass is 237 g/mol. The lowest BCUT2D eigenvalue weighted by atomic mass is 10.2. The van der Waals surface area contributed by atoms with Gasteiger partial charge in [0.15, 0.2) is 0 Å². The molecule has 1 rings (SSSR count). The molecule has 0 aliphatic carbocycles. The summed E-state index contributed by atoms with van der Waals surface area (Å²) < 4.78 is 0. The molecule has 17 heavy (non-hydrogen) atoms. The van der Waals surface area contributed by atoms with Gasteiger partial charge in [-0.2, -0.15) is 0 Å². The smallest absolute Gasteiger partial charge is 0.269 e. The van der Waals surface area contributed by atoms with Gasteiger partial charge in [0, 0.05) is 18.7 Å². The second-order valence-corrected chi connectivity index (χ2v) is 3.66. The SMILES string of the molecule is CNC(C)C(=O)NCc1cccc([N+](=O)[O-])c1. The Hall–Kier alpha value is -1.95. The van der Waals surface area contributed by atoms with Crippen LogP contribution in [0.2, 0.25) is 0 Å².